The molecule has 2 saturated heterocycles. The molecule has 50 heavy (non-hydrogen) atoms. The minimum atomic E-state index is -0.904. The second-order valence-electron chi connectivity index (χ2n) is 11.4. The molecule has 266 valence electrons. The lowest BCUT2D eigenvalue weighted by Gasteiger charge is -2.29. The fraction of sp³-hybridized carbons (Fsp3) is 0.368. The number of thioether (sulfide) groups is 6. The van der Waals surface area contributed by atoms with Gasteiger partial charge < -0.3 is 18.9 Å². The van der Waals surface area contributed by atoms with Crippen molar-refractivity contribution in [2.75, 3.05) is 53.5 Å². The molecule has 2 fully saturated rings. The first kappa shape index (κ1) is 39.0. The lowest BCUT2D eigenvalue weighted by molar-refractivity contribution is -0.146. The largest absolute Gasteiger partial charge is 0.490 e. The Bertz CT molecular complexity index is 1530. The Morgan fingerprint density at radius 2 is 1.32 bits per heavy atom. The Morgan fingerprint density at radius 1 is 0.760 bits per heavy atom. The number of carbonyl (C=O) groups is 2. The van der Waals surface area contributed by atoms with Crippen molar-refractivity contribution in [3.8, 4) is 11.5 Å². The van der Waals surface area contributed by atoms with Gasteiger partial charge in [-0.3, -0.25) is 0 Å². The Labute approximate surface area is 321 Å². The maximum atomic E-state index is 12.9. The monoisotopic (exact) mass is 786 g/mol. The predicted octanol–water partition coefficient (Wildman–Crippen LogP) is 9.12. The first-order chi connectivity index (χ1) is 24.4. The minimum absolute atomic E-state index is 0.163. The van der Waals surface area contributed by atoms with Crippen molar-refractivity contribution >= 4 is 94.7 Å². The van der Waals surface area contributed by atoms with Crippen LogP contribution >= 0.6 is 70.6 Å². The third kappa shape index (κ3) is 14.4. The highest BCUT2D eigenvalue weighted by Crippen LogP contribution is 2.39. The van der Waals surface area contributed by atoms with E-state index >= 15 is 0 Å². The summed E-state index contributed by atoms with van der Waals surface area (Å²) in [6.45, 7) is 2.28. The van der Waals surface area contributed by atoms with Gasteiger partial charge in [0, 0.05) is 58.5 Å². The molecule has 2 unspecified atom stereocenters. The Morgan fingerprint density at radius 3 is 1.94 bits per heavy atom. The molecule has 2 heterocycles. The second-order valence-corrected chi connectivity index (χ2v) is 19.8. The zero-order chi connectivity index (χ0) is 34.9. The van der Waals surface area contributed by atoms with Crippen LogP contribution in [0, 0.1) is 0 Å². The molecule has 2 aliphatic rings. The van der Waals surface area contributed by atoms with E-state index in [0.717, 1.165) is 34.1 Å². The van der Waals surface area contributed by atoms with Gasteiger partial charge in [0.15, 0.2) is 4.93 Å². The van der Waals surface area contributed by atoms with Gasteiger partial charge in [0.2, 0.25) is 0 Å². The Hall–Kier alpha value is -2.22. The molecular weight excluding hydrogens is 745 g/mol. The maximum absolute atomic E-state index is 12.9. The summed E-state index contributed by atoms with van der Waals surface area (Å²) in [5.41, 5.74) is 1.86. The van der Waals surface area contributed by atoms with E-state index in [1.54, 1.807) is 35.7 Å². The number of esters is 2. The van der Waals surface area contributed by atoms with Crippen molar-refractivity contribution < 1.29 is 28.5 Å². The van der Waals surface area contributed by atoms with Crippen molar-refractivity contribution in [3.05, 3.63) is 108 Å². The van der Waals surface area contributed by atoms with Crippen LogP contribution in [0.15, 0.2) is 97.1 Å². The lowest BCUT2D eigenvalue weighted by atomic mass is 10.2. The van der Waals surface area contributed by atoms with Crippen molar-refractivity contribution in [1.82, 2.24) is 0 Å². The lowest BCUT2D eigenvalue weighted by Crippen LogP contribution is -2.35. The highest BCUT2D eigenvalue weighted by atomic mass is 32.2. The van der Waals surface area contributed by atoms with Gasteiger partial charge in [-0.1, -0.05) is 66.7 Å². The molecule has 2 atom stereocenters. The average molecular weight is 787 g/mol. The van der Waals surface area contributed by atoms with Crippen molar-refractivity contribution in [1.29, 1.82) is 0 Å². The van der Waals surface area contributed by atoms with E-state index in [0.29, 0.717) is 26.4 Å². The minimum Gasteiger partial charge on any atom is -0.490 e. The molecular formula is C38H42O6S6. The molecule has 0 bridgehead atoms. The van der Waals surface area contributed by atoms with Gasteiger partial charge in [-0.2, -0.15) is 11.8 Å². The van der Waals surface area contributed by atoms with Crippen LogP contribution in [-0.4, -0.2) is 85.6 Å². The van der Waals surface area contributed by atoms with E-state index in [4.69, 9.17) is 18.9 Å². The summed E-state index contributed by atoms with van der Waals surface area (Å²) >= 11 is 11.2. The molecule has 0 N–H and O–H groups in total. The van der Waals surface area contributed by atoms with E-state index < -0.39 is 23.0 Å². The zero-order valence-corrected chi connectivity index (χ0v) is 32.8. The summed E-state index contributed by atoms with van der Waals surface area (Å²) in [4.78, 5) is 24.8. The second kappa shape index (κ2) is 21.3. The number of hydrogen-bond donors (Lipinski definition) is 0. The van der Waals surface area contributed by atoms with Crippen LogP contribution in [0.25, 0.3) is 12.2 Å². The number of rotatable bonds is 19. The SMILES string of the molecule is CC(COc1cccc(OCC(CSCC2SCCS2)OC(=O)C=Cc2ccccc2)c1)(OC(=O)C=Cc1ccccc1)SCC1SCCS1. The molecule has 0 amide bonds. The van der Waals surface area contributed by atoms with E-state index in [2.05, 4.69) is 0 Å². The van der Waals surface area contributed by atoms with Crippen molar-refractivity contribution in [3.63, 3.8) is 0 Å². The van der Waals surface area contributed by atoms with Crippen molar-refractivity contribution in [2.24, 2.45) is 0 Å². The fourth-order valence-corrected chi connectivity index (χ4v) is 13.3. The van der Waals surface area contributed by atoms with Crippen LogP contribution in [0.2, 0.25) is 0 Å². The molecule has 12 heteroatoms. The van der Waals surface area contributed by atoms with Gasteiger partial charge in [-0.05, 0) is 42.3 Å². The van der Waals surface area contributed by atoms with Crippen LogP contribution in [-0.2, 0) is 19.1 Å². The van der Waals surface area contributed by atoms with Crippen LogP contribution in [0.4, 0.5) is 0 Å². The summed E-state index contributed by atoms with van der Waals surface area (Å²) < 4.78 is 25.3. The molecule has 0 aliphatic carbocycles. The van der Waals surface area contributed by atoms with Crippen LogP contribution in [0.1, 0.15) is 18.1 Å². The number of carbonyl (C=O) groups excluding carboxylic acids is 2. The number of ether oxygens (including phenoxy) is 4. The summed E-state index contributed by atoms with van der Waals surface area (Å²) in [5, 5.41) is 0. The van der Waals surface area contributed by atoms with Crippen molar-refractivity contribution in [2.45, 2.75) is 27.1 Å². The van der Waals surface area contributed by atoms with E-state index in [1.165, 1.54) is 23.7 Å². The molecule has 5 rings (SSSR count). The number of hydrogen-bond acceptors (Lipinski definition) is 12. The van der Waals surface area contributed by atoms with Crippen LogP contribution < -0.4 is 9.47 Å². The molecule has 0 saturated carbocycles. The van der Waals surface area contributed by atoms with E-state index in [9.17, 15) is 9.59 Å². The molecule has 3 aromatic carbocycles. The predicted molar refractivity (Wildman–Crippen MR) is 220 cm³/mol. The molecule has 0 radical (unpaired) electrons. The fourth-order valence-electron chi connectivity index (χ4n) is 4.73. The Kier molecular flexibility index (Phi) is 16.6. The number of benzene rings is 3. The summed E-state index contributed by atoms with van der Waals surface area (Å²) in [6, 6.07) is 26.8. The smallest absolute Gasteiger partial charge is 0.332 e. The molecule has 2 aliphatic heterocycles. The molecule has 6 nitrogen and oxygen atoms in total. The normalized spacial score (nSPS) is 17.1. The summed E-state index contributed by atoms with van der Waals surface area (Å²) in [7, 11) is 0. The first-order valence-electron chi connectivity index (χ1n) is 16.4. The molecule has 0 aromatic heterocycles. The first-order valence-corrected chi connectivity index (χ1v) is 22.7. The highest BCUT2D eigenvalue weighted by Gasteiger charge is 2.32. The van der Waals surface area contributed by atoms with E-state index in [1.807, 2.05) is 139 Å². The highest BCUT2D eigenvalue weighted by molar-refractivity contribution is 8.21. The Balaban J connectivity index is 1.17. The third-order valence-electron chi connectivity index (χ3n) is 7.23. The average Bonchev–Trinajstić information content (AvgIpc) is 3.87. The van der Waals surface area contributed by atoms with Gasteiger partial charge in [0.1, 0.15) is 30.8 Å². The van der Waals surface area contributed by atoms with Gasteiger partial charge in [-0.25, -0.2) is 9.59 Å². The zero-order valence-electron chi connectivity index (χ0n) is 27.9. The topological polar surface area (TPSA) is 71.1 Å². The van der Waals surface area contributed by atoms with Gasteiger partial charge in [0.05, 0.1) is 9.16 Å². The standard InChI is InChI=1S/C38H42O6S6/c1-38(50-27-37-48-21-22-49-37,44-35(40)18-16-30-11-6-3-7-12-30)28-42-32-14-8-13-31(23-32)41-24-33(25-45-26-36-46-19-20-47-36)43-34(39)17-15-29-9-4-2-5-10-29/h2-18,23,33,36-37H,19-22,24-28H2,1H3. The van der Waals surface area contributed by atoms with Crippen LogP contribution in [0.5, 0.6) is 11.5 Å². The molecule has 3 aromatic rings. The third-order valence-corrected chi connectivity index (χ3v) is 16.6. The van der Waals surface area contributed by atoms with Gasteiger partial charge >= 0.3 is 11.9 Å². The van der Waals surface area contributed by atoms with Crippen LogP contribution in [0.3, 0.4) is 0 Å². The maximum Gasteiger partial charge on any atom is 0.332 e. The summed E-state index contributed by atoms with van der Waals surface area (Å²) in [6.07, 6.45) is 6.02. The molecule has 0 spiro atoms. The quantitative estimate of drug-likeness (QED) is 0.0662. The van der Waals surface area contributed by atoms with Gasteiger partial charge in [-0.15, -0.1) is 58.8 Å². The van der Waals surface area contributed by atoms with Gasteiger partial charge in [0.25, 0.3) is 0 Å². The van der Waals surface area contributed by atoms with E-state index in [-0.39, 0.29) is 13.2 Å². The summed E-state index contributed by atoms with van der Waals surface area (Å²) in [5.74, 6) is 7.49.